The molecule has 42 heavy (non-hydrogen) atoms. The largest absolute Gasteiger partial charge is 0.496 e. The van der Waals surface area contributed by atoms with E-state index in [0.29, 0.717) is 5.84 Å². The Balaban J connectivity index is 2.12. The van der Waals surface area contributed by atoms with Gasteiger partial charge in [0.1, 0.15) is 5.75 Å². The number of hydrogen-bond donors (Lipinski definition) is 0. The summed E-state index contributed by atoms with van der Waals surface area (Å²) in [5.74, 6) is 1.70. The van der Waals surface area contributed by atoms with Crippen LogP contribution in [-0.2, 0) is 15.6 Å². The van der Waals surface area contributed by atoms with Crippen LogP contribution >= 0.6 is 0 Å². The molecule has 0 amide bonds. The standard InChI is InChI=1S/C38H48N2O2/c1-35(2,3)26-19-24(20-27(32(26)41)36(4,5)6)30-31(40-34(39-30)23-17-15-14-16-18-23)25-21-28(37(7,8)9)33(42-13)29(22-25)38(10,11)12/h14-22H,1-13H3. The maximum atomic E-state index is 13.8. The molecule has 0 spiro atoms. The lowest BCUT2D eigenvalue weighted by atomic mass is 9.71. The smallest absolute Gasteiger partial charge is 0.186 e. The Kier molecular flexibility index (Phi) is 7.95. The number of amidine groups is 1. The highest BCUT2D eigenvalue weighted by Crippen LogP contribution is 2.43. The SMILES string of the molecule is COc1c(C(C)(C)C)cc(C2=NC(c3ccccc3)=NC2=C2C=C(C(C)(C)C)C(=O)C(C(C)(C)C)=C2)cc1C(C)(C)C. The quantitative estimate of drug-likeness (QED) is 0.373. The first kappa shape index (κ1) is 31.4. The topological polar surface area (TPSA) is 51.0 Å². The van der Waals surface area contributed by atoms with E-state index >= 15 is 0 Å². The van der Waals surface area contributed by atoms with Gasteiger partial charge in [-0.25, -0.2) is 9.98 Å². The molecule has 0 saturated carbocycles. The second kappa shape index (κ2) is 10.6. The van der Waals surface area contributed by atoms with Crippen molar-refractivity contribution < 1.29 is 9.53 Å². The van der Waals surface area contributed by atoms with Crippen LogP contribution < -0.4 is 4.74 Å². The van der Waals surface area contributed by atoms with E-state index in [0.717, 1.165) is 56.1 Å². The lowest BCUT2D eigenvalue weighted by molar-refractivity contribution is -0.114. The molecule has 4 heteroatoms. The summed E-state index contributed by atoms with van der Waals surface area (Å²) < 4.78 is 6.06. The third kappa shape index (κ3) is 6.14. The van der Waals surface area contributed by atoms with Gasteiger partial charge >= 0.3 is 0 Å². The normalized spacial score (nSPS) is 16.7. The molecule has 1 aliphatic carbocycles. The lowest BCUT2D eigenvalue weighted by Gasteiger charge is -2.32. The molecule has 0 bridgehead atoms. The predicted molar refractivity (Wildman–Crippen MR) is 177 cm³/mol. The van der Waals surface area contributed by atoms with Crippen molar-refractivity contribution >= 4 is 17.3 Å². The highest BCUT2D eigenvalue weighted by atomic mass is 16.5. The van der Waals surface area contributed by atoms with Crippen LogP contribution in [0.2, 0.25) is 0 Å². The maximum Gasteiger partial charge on any atom is 0.186 e. The second-order valence-electron chi connectivity index (χ2n) is 15.6. The molecule has 0 atom stereocenters. The number of Topliss-reactive ketones (excluding diaryl/α,β-unsaturated/α-hetero) is 1. The fourth-order valence-electron chi connectivity index (χ4n) is 5.44. The minimum Gasteiger partial charge on any atom is -0.496 e. The van der Waals surface area contributed by atoms with E-state index in [-0.39, 0.29) is 27.4 Å². The zero-order valence-corrected chi connectivity index (χ0v) is 27.9. The summed E-state index contributed by atoms with van der Waals surface area (Å²) in [7, 11) is 1.76. The summed E-state index contributed by atoms with van der Waals surface area (Å²) in [5, 5.41) is 0. The van der Waals surface area contributed by atoms with E-state index in [2.05, 4.69) is 95.2 Å². The van der Waals surface area contributed by atoms with Crippen LogP contribution in [0.25, 0.3) is 0 Å². The molecule has 0 aromatic heterocycles. The van der Waals surface area contributed by atoms with E-state index in [1.54, 1.807) is 7.11 Å². The van der Waals surface area contributed by atoms with E-state index in [1.807, 2.05) is 42.5 Å². The van der Waals surface area contributed by atoms with Crippen molar-refractivity contribution in [1.82, 2.24) is 0 Å². The zero-order valence-electron chi connectivity index (χ0n) is 27.9. The van der Waals surface area contributed by atoms with Crippen LogP contribution in [0.3, 0.4) is 0 Å². The van der Waals surface area contributed by atoms with Gasteiger partial charge in [0, 0.05) is 39.0 Å². The van der Waals surface area contributed by atoms with E-state index in [4.69, 9.17) is 14.7 Å². The third-order valence-electron chi connectivity index (χ3n) is 7.85. The lowest BCUT2D eigenvalue weighted by Crippen LogP contribution is -2.28. The van der Waals surface area contributed by atoms with Gasteiger partial charge in [0.05, 0.1) is 18.5 Å². The van der Waals surface area contributed by atoms with Gasteiger partial charge in [-0.1, -0.05) is 113 Å². The highest BCUT2D eigenvalue weighted by Gasteiger charge is 2.36. The summed E-state index contributed by atoms with van der Waals surface area (Å²) in [6, 6.07) is 14.5. The predicted octanol–water partition coefficient (Wildman–Crippen LogP) is 9.32. The van der Waals surface area contributed by atoms with Crippen molar-refractivity contribution in [3.05, 3.63) is 99.3 Å². The maximum absolute atomic E-state index is 13.8. The number of rotatable bonds is 3. The van der Waals surface area contributed by atoms with E-state index in [1.165, 1.54) is 0 Å². The number of allylic oxidation sites excluding steroid dienone is 6. The Labute approximate surface area is 253 Å². The van der Waals surface area contributed by atoms with E-state index < -0.39 is 0 Å². The number of nitrogens with zero attached hydrogens (tertiary/aromatic N) is 2. The number of carbonyl (C=O) groups is 1. The van der Waals surface area contributed by atoms with Crippen molar-refractivity contribution in [3.63, 3.8) is 0 Å². The molecule has 1 aliphatic heterocycles. The van der Waals surface area contributed by atoms with Gasteiger partial charge in [0.2, 0.25) is 0 Å². The number of hydrogen-bond acceptors (Lipinski definition) is 4. The third-order valence-corrected chi connectivity index (χ3v) is 7.85. The summed E-state index contributed by atoms with van der Waals surface area (Å²) >= 11 is 0. The van der Waals surface area contributed by atoms with E-state index in [9.17, 15) is 4.79 Å². The molecule has 0 fully saturated rings. The molecule has 2 aliphatic rings. The van der Waals surface area contributed by atoms with Gasteiger partial charge in [0.25, 0.3) is 0 Å². The number of ketones is 1. The minimum absolute atomic E-state index is 0.109. The average Bonchev–Trinajstić information content (AvgIpc) is 3.31. The van der Waals surface area contributed by atoms with Crippen molar-refractivity contribution in [3.8, 4) is 5.75 Å². The average molecular weight is 565 g/mol. The van der Waals surface area contributed by atoms with Gasteiger partial charge in [-0.15, -0.1) is 0 Å². The number of benzene rings is 2. The molecule has 0 saturated heterocycles. The van der Waals surface area contributed by atoms with Crippen LogP contribution in [0.15, 0.2) is 87.0 Å². The Morgan fingerprint density at radius 3 is 1.50 bits per heavy atom. The summed E-state index contributed by atoms with van der Waals surface area (Å²) in [5.41, 5.74) is 7.34. The molecule has 4 nitrogen and oxygen atoms in total. The fourth-order valence-corrected chi connectivity index (χ4v) is 5.44. The van der Waals surface area contributed by atoms with Gasteiger partial charge in [0.15, 0.2) is 11.6 Å². The number of carbonyl (C=O) groups excluding carboxylic acids is 1. The number of ether oxygens (including phenoxy) is 1. The van der Waals surface area contributed by atoms with Crippen molar-refractivity contribution in [1.29, 1.82) is 0 Å². The molecule has 0 unspecified atom stereocenters. The molecule has 2 aromatic rings. The molecule has 0 N–H and O–H groups in total. The first-order chi connectivity index (χ1) is 19.2. The Morgan fingerprint density at radius 1 is 0.619 bits per heavy atom. The second-order valence-corrected chi connectivity index (χ2v) is 15.6. The zero-order chi connectivity index (χ0) is 31.4. The molecule has 2 aromatic carbocycles. The highest BCUT2D eigenvalue weighted by molar-refractivity contribution is 6.25. The number of aliphatic imine (C=N–C) groups is 2. The van der Waals surface area contributed by atoms with Crippen LogP contribution in [0.4, 0.5) is 0 Å². The van der Waals surface area contributed by atoms with Crippen LogP contribution in [0.1, 0.15) is 105 Å². The number of methoxy groups -OCH3 is 1. The minimum atomic E-state index is -0.325. The van der Waals surface area contributed by atoms with Crippen molar-refractivity contribution in [2.24, 2.45) is 20.8 Å². The van der Waals surface area contributed by atoms with Crippen molar-refractivity contribution in [2.75, 3.05) is 7.11 Å². The van der Waals surface area contributed by atoms with Crippen LogP contribution in [0, 0.1) is 10.8 Å². The van der Waals surface area contributed by atoms with Gasteiger partial charge in [-0.05, 0) is 45.9 Å². The molecule has 0 radical (unpaired) electrons. The first-order valence-corrected chi connectivity index (χ1v) is 14.9. The molecular formula is C38H48N2O2. The summed E-state index contributed by atoms with van der Waals surface area (Å²) in [4.78, 5) is 24.1. The molecule has 1 heterocycles. The molecule has 4 rings (SSSR count). The Bertz CT molecular complexity index is 1500. The fraction of sp³-hybridized carbons (Fsp3) is 0.447. The summed E-state index contributed by atoms with van der Waals surface area (Å²) in [6.45, 7) is 25.9. The Hall–Kier alpha value is -3.53. The molecule has 222 valence electrons. The van der Waals surface area contributed by atoms with Gasteiger partial charge < -0.3 is 4.74 Å². The molecular weight excluding hydrogens is 516 g/mol. The van der Waals surface area contributed by atoms with Crippen molar-refractivity contribution in [2.45, 2.75) is 93.9 Å². The van der Waals surface area contributed by atoms with Gasteiger partial charge in [-0.2, -0.15) is 0 Å². The monoisotopic (exact) mass is 564 g/mol. The van der Waals surface area contributed by atoms with Crippen LogP contribution in [-0.4, -0.2) is 24.4 Å². The van der Waals surface area contributed by atoms with Crippen LogP contribution in [0.5, 0.6) is 5.75 Å². The summed E-state index contributed by atoms with van der Waals surface area (Å²) in [6.07, 6.45) is 4.08. The first-order valence-electron chi connectivity index (χ1n) is 14.9. The van der Waals surface area contributed by atoms with Gasteiger partial charge in [-0.3, -0.25) is 4.79 Å². The Morgan fingerprint density at radius 2 is 1.10 bits per heavy atom.